The molecule has 0 bridgehead atoms. The van der Waals surface area contributed by atoms with Crippen molar-refractivity contribution in [3.63, 3.8) is 0 Å². The van der Waals surface area contributed by atoms with Gasteiger partial charge in [0.15, 0.2) is 0 Å². The Kier molecular flexibility index (Phi) is 4.79. The molecule has 1 N–H and O–H groups in total. The fourth-order valence-electron chi connectivity index (χ4n) is 2.36. The van der Waals surface area contributed by atoms with Crippen molar-refractivity contribution in [1.29, 1.82) is 0 Å². The van der Waals surface area contributed by atoms with E-state index in [4.69, 9.17) is 4.74 Å². The number of ether oxygens (including phenoxy) is 1. The summed E-state index contributed by atoms with van der Waals surface area (Å²) in [5.41, 5.74) is 0. The van der Waals surface area contributed by atoms with Crippen LogP contribution in [-0.4, -0.2) is 22.6 Å². The van der Waals surface area contributed by atoms with Crippen molar-refractivity contribution >= 4 is 5.82 Å². The average molecular weight is 249 g/mol. The summed E-state index contributed by atoms with van der Waals surface area (Å²) < 4.78 is 5.97. The van der Waals surface area contributed by atoms with Crippen molar-refractivity contribution in [2.24, 2.45) is 5.92 Å². The lowest BCUT2D eigenvalue weighted by atomic mass is 9.88. The van der Waals surface area contributed by atoms with Gasteiger partial charge in [-0.15, -0.1) is 0 Å². The molecule has 1 aromatic rings. The first-order valence-electron chi connectivity index (χ1n) is 7.02. The number of rotatable bonds is 5. The van der Waals surface area contributed by atoms with E-state index in [0.29, 0.717) is 17.9 Å². The van der Waals surface area contributed by atoms with Crippen LogP contribution in [0.2, 0.25) is 0 Å². The first-order chi connectivity index (χ1) is 8.79. The summed E-state index contributed by atoms with van der Waals surface area (Å²) in [6, 6.07) is 0. The number of nitrogens with one attached hydrogen (secondary N) is 1. The average Bonchev–Trinajstić information content (AvgIpc) is 2.40. The minimum Gasteiger partial charge on any atom is -0.473 e. The van der Waals surface area contributed by atoms with Crippen molar-refractivity contribution < 1.29 is 4.74 Å². The molecule has 1 saturated carbocycles. The van der Waals surface area contributed by atoms with Crippen LogP contribution >= 0.6 is 0 Å². The zero-order chi connectivity index (χ0) is 12.8. The first-order valence-corrected chi connectivity index (χ1v) is 7.02. The second-order valence-electron chi connectivity index (χ2n) is 5.09. The molecule has 1 aliphatic rings. The van der Waals surface area contributed by atoms with Crippen LogP contribution in [-0.2, 0) is 0 Å². The fraction of sp³-hybridized carbons (Fsp3) is 0.714. The molecule has 2 rings (SSSR count). The maximum atomic E-state index is 5.97. The van der Waals surface area contributed by atoms with Crippen molar-refractivity contribution in [3.05, 3.63) is 12.4 Å². The van der Waals surface area contributed by atoms with Gasteiger partial charge in [0, 0.05) is 6.54 Å². The Labute approximate surface area is 109 Å². The highest BCUT2D eigenvalue weighted by molar-refractivity contribution is 5.33. The molecule has 1 aliphatic carbocycles. The van der Waals surface area contributed by atoms with Crippen LogP contribution in [0.25, 0.3) is 0 Å². The maximum absolute atomic E-state index is 5.97. The molecule has 2 unspecified atom stereocenters. The predicted octanol–water partition coefficient (Wildman–Crippen LogP) is 3.26. The molecule has 2 atom stereocenters. The van der Waals surface area contributed by atoms with Gasteiger partial charge in [0.1, 0.15) is 11.9 Å². The lowest BCUT2D eigenvalue weighted by Crippen LogP contribution is -2.28. The predicted molar refractivity (Wildman–Crippen MR) is 72.9 cm³/mol. The summed E-state index contributed by atoms with van der Waals surface area (Å²) in [6.07, 6.45) is 9.80. The molecule has 4 heteroatoms. The first kappa shape index (κ1) is 13.1. The van der Waals surface area contributed by atoms with Crippen LogP contribution in [0.4, 0.5) is 5.82 Å². The Hall–Kier alpha value is -1.32. The Bertz CT molecular complexity index is 370. The highest BCUT2D eigenvalue weighted by Gasteiger charge is 2.23. The third-order valence-corrected chi connectivity index (χ3v) is 3.47. The van der Waals surface area contributed by atoms with E-state index in [0.717, 1.165) is 25.2 Å². The largest absolute Gasteiger partial charge is 0.473 e. The zero-order valence-electron chi connectivity index (χ0n) is 11.4. The van der Waals surface area contributed by atoms with Gasteiger partial charge in [-0.05, 0) is 31.6 Å². The van der Waals surface area contributed by atoms with Crippen LogP contribution in [0.3, 0.4) is 0 Å². The van der Waals surface area contributed by atoms with Gasteiger partial charge < -0.3 is 10.1 Å². The van der Waals surface area contributed by atoms with E-state index in [1.165, 1.54) is 19.3 Å². The lowest BCUT2D eigenvalue weighted by molar-refractivity contribution is 0.0973. The van der Waals surface area contributed by atoms with E-state index in [9.17, 15) is 0 Å². The third-order valence-electron chi connectivity index (χ3n) is 3.47. The minimum atomic E-state index is 0.300. The normalized spacial score (nSPS) is 23.7. The monoisotopic (exact) mass is 249 g/mol. The molecule has 0 aliphatic heterocycles. The smallest absolute Gasteiger partial charge is 0.234 e. The number of hydrogen-bond donors (Lipinski definition) is 1. The van der Waals surface area contributed by atoms with Crippen LogP contribution < -0.4 is 10.1 Å². The molecule has 1 aromatic heterocycles. The number of nitrogens with zero attached hydrogens (tertiary/aromatic N) is 2. The summed E-state index contributed by atoms with van der Waals surface area (Å²) in [5.74, 6) is 2.07. The van der Waals surface area contributed by atoms with Crippen molar-refractivity contribution in [1.82, 2.24) is 9.97 Å². The highest BCUT2D eigenvalue weighted by atomic mass is 16.5. The van der Waals surface area contributed by atoms with E-state index in [-0.39, 0.29) is 0 Å². The van der Waals surface area contributed by atoms with Crippen LogP contribution in [0.1, 0.15) is 46.0 Å². The maximum Gasteiger partial charge on any atom is 0.234 e. The van der Waals surface area contributed by atoms with Gasteiger partial charge in [0.05, 0.1) is 12.4 Å². The summed E-state index contributed by atoms with van der Waals surface area (Å²) >= 11 is 0. The molecule has 0 radical (unpaired) electrons. The van der Waals surface area contributed by atoms with E-state index in [2.05, 4.69) is 29.1 Å². The Morgan fingerprint density at radius 1 is 1.33 bits per heavy atom. The van der Waals surface area contributed by atoms with E-state index in [1.54, 1.807) is 12.4 Å². The van der Waals surface area contributed by atoms with Crippen LogP contribution in [0.15, 0.2) is 12.4 Å². The lowest BCUT2D eigenvalue weighted by Gasteiger charge is -2.28. The van der Waals surface area contributed by atoms with Gasteiger partial charge in [-0.1, -0.05) is 20.3 Å². The fourth-order valence-corrected chi connectivity index (χ4v) is 2.36. The van der Waals surface area contributed by atoms with E-state index in [1.807, 2.05) is 0 Å². The zero-order valence-corrected chi connectivity index (χ0v) is 11.4. The summed E-state index contributed by atoms with van der Waals surface area (Å²) in [5, 5.41) is 3.23. The number of hydrogen-bond acceptors (Lipinski definition) is 4. The molecule has 0 saturated heterocycles. The topological polar surface area (TPSA) is 47.0 Å². The minimum absolute atomic E-state index is 0.300. The summed E-state index contributed by atoms with van der Waals surface area (Å²) in [6.45, 7) is 5.30. The second-order valence-corrected chi connectivity index (χ2v) is 5.09. The van der Waals surface area contributed by atoms with Gasteiger partial charge in [-0.25, -0.2) is 0 Å². The summed E-state index contributed by atoms with van der Waals surface area (Å²) in [7, 11) is 0. The second kappa shape index (κ2) is 6.57. The Morgan fingerprint density at radius 2 is 2.17 bits per heavy atom. The Morgan fingerprint density at radius 3 is 2.94 bits per heavy atom. The van der Waals surface area contributed by atoms with E-state index < -0.39 is 0 Å². The van der Waals surface area contributed by atoms with Crippen LogP contribution in [0, 0.1) is 5.92 Å². The van der Waals surface area contributed by atoms with Crippen molar-refractivity contribution in [3.8, 4) is 5.88 Å². The third kappa shape index (κ3) is 3.59. The highest BCUT2D eigenvalue weighted by Crippen LogP contribution is 2.27. The van der Waals surface area contributed by atoms with Crippen LogP contribution in [0.5, 0.6) is 5.88 Å². The van der Waals surface area contributed by atoms with Crippen molar-refractivity contribution in [2.45, 2.75) is 52.1 Å². The molecule has 0 amide bonds. The van der Waals surface area contributed by atoms with Gasteiger partial charge in [-0.2, -0.15) is 4.98 Å². The van der Waals surface area contributed by atoms with Gasteiger partial charge in [0.25, 0.3) is 0 Å². The molecule has 0 aromatic carbocycles. The van der Waals surface area contributed by atoms with Gasteiger partial charge in [0.2, 0.25) is 5.88 Å². The number of anilines is 1. The van der Waals surface area contributed by atoms with Gasteiger partial charge >= 0.3 is 0 Å². The molecule has 1 heterocycles. The van der Waals surface area contributed by atoms with Crippen molar-refractivity contribution in [2.75, 3.05) is 11.9 Å². The van der Waals surface area contributed by atoms with Gasteiger partial charge in [-0.3, -0.25) is 4.98 Å². The van der Waals surface area contributed by atoms with E-state index >= 15 is 0 Å². The summed E-state index contributed by atoms with van der Waals surface area (Å²) in [4.78, 5) is 8.62. The standard InChI is InChI=1S/C14H23N3O/c1-3-8-16-13-9-15-10-14(17-13)18-12-7-5-4-6-11(12)2/h9-12H,3-8H2,1-2H3,(H,16,17). The molecule has 1 fully saturated rings. The molecule has 18 heavy (non-hydrogen) atoms. The molecule has 100 valence electrons. The molecule has 0 spiro atoms. The Balaban J connectivity index is 1.95. The number of aromatic nitrogens is 2. The SMILES string of the molecule is CCCNc1cncc(OC2CCCCC2C)n1. The molecule has 4 nitrogen and oxygen atoms in total. The molecular weight excluding hydrogens is 226 g/mol. The molecular formula is C14H23N3O. The quantitative estimate of drug-likeness (QED) is 0.870.